The standard InChI is InChI=1S/C22H22N4O/c1-25-21-14-19(24-26(21)20-10-6-5-9-17(20)22(25)27)16-11-12-23-18(13-16)15-7-3-2-4-8-15/h5-6,9-15H,2-4,7-8H2,1H3. The van der Waals surface area contributed by atoms with Crippen LogP contribution in [0.5, 0.6) is 0 Å². The molecule has 1 aliphatic rings. The molecule has 0 unspecified atom stereocenters. The largest absolute Gasteiger partial charge is 0.296 e. The number of pyridine rings is 1. The van der Waals surface area contributed by atoms with Crippen LogP contribution >= 0.6 is 0 Å². The van der Waals surface area contributed by atoms with E-state index in [1.54, 1.807) is 11.6 Å². The lowest BCUT2D eigenvalue weighted by atomic mass is 9.86. The van der Waals surface area contributed by atoms with Gasteiger partial charge in [-0.3, -0.25) is 14.3 Å². The topological polar surface area (TPSA) is 52.2 Å². The number of hydrogen-bond donors (Lipinski definition) is 0. The molecule has 1 aliphatic carbocycles. The molecular formula is C22H22N4O. The second-order valence-electron chi connectivity index (χ2n) is 7.49. The quantitative estimate of drug-likeness (QED) is 0.537. The molecule has 1 saturated carbocycles. The van der Waals surface area contributed by atoms with Gasteiger partial charge < -0.3 is 0 Å². The molecule has 27 heavy (non-hydrogen) atoms. The van der Waals surface area contributed by atoms with Crippen LogP contribution in [0.4, 0.5) is 0 Å². The Kier molecular flexibility index (Phi) is 3.81. The number of aryl methyl sites for hydroxylation is 1. The fourth-order valence-corrected chi connectivity index (χ4v) is 4.28. The van der Waals surface area contributed by atoms with Crippen LogP contribution in [0.25, 0.3) is 27.8 Å². The van der Waals surface area contributed by atoms with Crippen molar-refractivity contribution in [2.24, 2.45) is 7.05 Å². The van der Waals surface area contributed by atoms with E-state index in [-0.39, 0.29) is 5.56 Å². The van der Waals surface area contributed by atoms with E-state index in [4.69, 9.17) is 5.10 Å². The van der Waals surface area contributed by atoms with Crippen molar-refractivity contribution >= 4 is 16.6 Å². The molecule has 0 saturated heterocycles. The van der Waals surface area contributed by atoms with Crippen molar-refractivity contribution in [2.45, 2.75) is 38.0 Å². The molecule has 0 amide bonds. The van der Waals surface area contributed by atoms with E-state index in [1.807, 2.05) is 47.1 Å². The van der Waals surface area contributed by atoms with E-state index in [1.165, 1.54) is 37.8 Å². The van der Waals surface area contributed by atoms with E-state index in [0.29, 0.717) is 11.3 Å². The highest BCUT2D eigenvalue weighted by atomic mass is 16.1. The van der Waals surface area contributed by atoms with Crippen LogP contribution in [-0.2, 0) is 7.05 Å². The fraction of sp³-hybridized carbons (Fsp3) is 0.318. The molecule has 5 nitrogen and oxygen atoms in total. The minimum atomic E-state index is 0.00201. The lowest BCUT2D eigenvalue weighted by molar-refractivity contribution is 0.437. The Hall–Kier alpha value is -2.95. The zero-order chi connectivity index (χ0) is 18.4. The van der Waals surface area contributed by atoms with Gasteiger partial charge in [-0.15, -0.1) is 0 Å². The highest BCUT2D eigenvalue weighted by Crippen LogP contribution is 2.33. The van der Waals surface area contributed by atoms with Gasteiger partial charge in [0.25, 0.3) is 5.56 Å². The smallest absolute Gasteiger partial charge is 0.261 e. The predicted molar refractivity (Wildman–Crippen MR) is 107 cm³/mol. The van der Waals surface area contributed by atoms with Crippen molar-refractivity contribution < 1.29 is 0 Å². The highest BCUT2D eigenvalue weighted by Gasteiger charge is 2.18. The Balaban J connectivity index is 1.67. The van der Waals surface area contributed by atoms with Gasteiger partial charge in [-0.05, 0) is 37.1 Å². The van der Waals surface area contributed by atoms with Crippen LogP contribution in [0.1, 0.15) is 43.7 Å². The number of aromatic nitrogens is 4. The van der Waals surface area contributed by atoms with E-state index in [9.17, 15) is 4.79 Å². The molecule has 3 aromatic heterocycles. The molecular weight excluding hydrogens is 336 g/mol. The fourth-order valence-electron chi connectivity index (χ4n) is 4.28. The molecule has 5 heteroatoms. The van der Waals surface area contributed by atoms with Gasteiger partial charge in [-0.25, -0.2) is 4.52 Å². The van der Waals surface area contributed by atoms with Crippen LogP contribution in [0, 0.1) is 0 Å². The highest BCUT2D eigenvalue weighted by molar-refractivity contribution is 5.81. The first kappa shape index (κ1) is 16.2. The van der Waals surface area contributed by atoms with E-state index < -0.39 is 0 Å². The maximum absolute atomic E-state index is 12.7. The lowest BCUT2D eigenvalue weighted by Gasteiger charge is -2.21. The maximum atomic E-state index is 12.7. The summed E-state index contributed by atoms with van der Waals surface area (Å²) >= 11 is 0. The number of para-hydroxylation sites is 1. The molecule has 0 atom stereocenters. The van der Waals surface area contributed by atoms with E-state index >= 15 is 0 Å². The monoisotopic (exact) mass is 358 g/mol. The van der Waals surface area contributed by atoms with E-state index in [2.05, 4.69) is 11.1 Å². The first-order valence-corrected chi connectivity index (χ1v) is 9.66. The summed E-state index contributed by atoms with van der Waals surface area (Å²) in [4.78, 5) is 17.3. The van der Waals surface area contributed by atoms with Crippen LogP contribution in [0.3, 0.4) is 0 Å². The molecule has 0 radical (unpaired) electrons. The summed E-state index contributed by atoms with van der Waals surface area (Å²) in [6, 6.07) is 13.8. The molecule has 5 rings (SSSR count). The Morgan fingerprint density at radius 3 is 2.70 bits per heavy atom. The molecule has 136 valence electrons. The van der Waals surface area contributed by atoms with Gasteiger partial charge in [0.05, 0.1) is 16.6 Å². The summed E-state index contributed by atoms with van der Waals surface area (Å²) in [5.41, 5.74) is 4.74. The molecule has 0 N–H and O–H groups in total. The lowest BCUT2D eigenvalue weighted by Crippen LogP contribution is -2.19. The van der Waals surface area contributed by atoms with Crippen molar-refractivity contribution in [3.05, 3.63) is 64.7 Å². The van der Waals surface area contributed by atoms with Crippen molar-refractivity contribution in [1.29, 1.82) is 0 Å². The van der Waals surface area contributed by atoms with Crippen LogP contribution in [0.2, 0.25) is 0 Å². The van der Waals surface area contributed by atoms with Gasteiger partial charge in [-0.2, -0.15) is 5.10 Å². The molecule has 4 aromatic rings. The van der Waals surface area contributed by atoms with Crippen molar-refractivity contribution in [3.63, 3.8) is 0 Å². The van der Waals surface area contributed by atoms with E-state index in [0.717, 1.165) is 22.4 Å². The molecule has 3 heterocycles. The molecule has 0 bridgehead atoms. The predicted octanol–water partition coefficient (Wildman–Crippen LogP) is 4.30. The number of rotatable bonds is 2. The van der Waals surface area contributed by atoms with Crippen LogP contribution < -0.4 is 5.56 Å². The SMILES string of the molecule is Cn1c(=O)c2ccccc2n2nc(-c3ccnc(C4CCCCC4)c3)cc12. The number of nitrogens with zero attached hydrogens (tertiary/aromatic N) is 4. The molecule has 0 aliphatic heterocycles. The Morgan fingerprint density at radius 2 is 1.85 bits per heavy atom. The third-order valence-electron chi connectivity index (χ3n) is 5.80. The second-order valence-corrected chi connectivity index (χ2v) is 7.49. The van der Waals surface area contributed by atoms with Crippen molar-refractivity contribution in [1.82, 2.24) is 19.2 Å². The number of fused-ring (bicyclic) bond motifs is 3. The van der Waals surface area contributed by atoms with Crippen LogP contribution in [-0.4, -0.2) is 19.2 Å². The summed E-state index contributed by atoms with van der Waals surface area (Å²) in [5.74, 6) is 0.556. The molecule has 1 aromatic carbocycles. The van der Waals surface area contributed by atoms with Crippen LogP contribution in [0.15, 0.2) is 53.5 Å². The number of hydrogen-bond acceptors (Lipinski definition) is 3. The third kappa shape index (κ3) is 2.65. The first-order chi connectivity index (χ1) is 13.2. The average Bonchev–Trinajstić information content (AvgIpc) is 3.19. The average molecular weight is 358 g/mol. The maximum Gasteiger partial charge on any atom is 0.261 e. The summed E-state index contributed by atoms with van der Waals surface area (Å²) < 4.78 is 3.54. The second kappa shape index (κ2) is 6.34. The molecule has 0 spiro atoms. The normalized spacial score (nSPS) is 15.6. The summed E-state index contributed by atoms with van der Waals surface area (Å²) in [5, 5.41) is 5.51. The summed E-state index contributed by atoms with van der Waals surface area (Å²) in [6.07, 6.45) is 8.25. The number of benzene rings is 1. The van der Waals surface area contributed by atoms with Crippen molar-refractivity contribution in [3.8, 4) is 11.3 Å². The third-order valence-corrected chi connectivity index (χ3v) is 5.80. The Labute approximate surface area is 157 Å². The minimum Gasteiger partial charge on any atom is -0.296 e. The molecule has 1 fully saturated rings. The summed E-state index contributed by atoms with van der Waals surface area (Å²) in [7, 11) is 1.80. The van der Waals surface area contributed by atoms with Gasteiger partial charge in [0.2, 0.25) is 0 Å². The van der Waals surface area contributed by atoms with Gasteiger partial charge in [0.1, 0.15) is 5.65 Å². The first-order valence-electron chi connectivity index (χ1n) is 9.66. The van der Waals surface area contributed by atoms with Gasteiger partial charge in [-0.1, -0.05) is 31.4 Å². The minimum absolute atomic E-state index is 0.00201. The summed E-state index contributed by atoms with van der Waals surface area (Å²) in [6.45, 7) is 0. The van der Waals surface area contributed by atoms with Crippen molar-refractivity contribution in [2.75, 3.05) is 0 Å². The van der Waals surface area contributed by atoms with Gasteiger partial charge in [0, 0.05) is 36.5 Å². The Morgan fingerprint density at radius 1 is 1.04 bits per heavy atom. The zero-order valence-electron chi connectivity index (χ0n) is 15.4. The van der Waals surface area contributed by atoms with Gasteiger partial charge in [0.15, 0.2) is 0 Å². The Bertz CT molecular complexity index is 1200. The zero-order valence-corrected chi connectivity index (χ0v) is 15.4. The van der Waals surface area contributed by atoms with Gasteiger partial charge >= 0.3 is 0 Å².